The smallest absolute Gasteiger partial charge is 0.253 e. The van der Waals surface area contributed by atoms with Crippen molar-refractivity contribution in [2.24, 2.45) is 0 Å². The van der Waals surface area contributed by atoms with Gasteiger partial charge in [0.2, 0.25) is 11.1 Å². The Morgan fingerprint density at radius 1 is 1.28 bits per heavy atom. The first kappa shape index (κ1) is 17.8. The van der Waals surface area contributed by atoms with Crippen LogP contribution in [0.4, 0.5) is 0 Å². The molecule has 0 bridgehead atoms. The Labute approximate surface area is 154 Å². The van der Waals surface area contributed by atoms with Crippen LogP contribution in [0.1, 0.15) is 27.7 Å². The second kappa shape index (κ2) is 7.49. The summed E-state index contributed by atoms with van der Waals surface area (Å²) in [6.07, 6.45) is 2.95. The molecular weight excluding hydrogens is 356 g/mol. The molecular formula is C16H20N6OS2. The minimum absolute atomic E-state index is 0.0236. The quantitative estimate of drug-likeness (QED) is 0.664. The van der Waals surface area contributed by atoms with Crippen molar-refractivity contribution in [2.45, 2.75) is 38.8 Å². The lowest BCUT2D eigenvalue weighted by atomic mass is 10.1. The number of nitrogens with one attached hydrogen (secondary N) is 1. The molecule has 0 saturated carbocycles. The van der Waals surface area contributed by atoms with Crippen molar-refractivity contribution in [1.82, 2.24) is 29.9 Å². The largest absolute Gasteiger partial charge is 0.355 e. The zero-order valence-electron chi connectivity index (χ0n) is 14.7. The van der Waals surface area contributed by atoms with Gasteiger partial charge in [-0.3, -0.25) is 4.79 Å². The Kier molecular flexibility index (Phi) is 5.33. The fourth-order valence-electron chi connectivity index (χ4n) is 2.61. The number of thiazole rings is 1. The molecule has 0 radical (unpaired) electrons. The van der Waals surface area contributed by atoms with Gasteiger partial charge in [0.15, 0.2) is 0 Å². The molecule has 3 rings (SSSR count). The standard InChI is InChI=1S/C16H20N6OS2/c1-9-13(10(2)22-15(18-9)20-16(21-22)24-4)7-14(23)17-6-5-12-8-25-11(3)19-12/h8H,5-7H2,1-4H3,(H,17,23). The van der Waals surface area contributed by atoms with Gasteiger partial charge in [-0.2, -0.15) is 4.98 Å². The van der Waals surface area contributed by atoms with Crippen LogP contribution >= 0.6 is 23.1 Å². The lowest BCUT2D eigenvalue weighted by Crippen LogP contribution is -2.28. The van der Waals surface area contributed by atoms with E-state index >= 15 is 0 Å². The molecule has 7 nitrogen and oxygen atoms in total. The highest BCUT2D eigenvalue weighted by Gasteiger charge is 2.15. The number of aromatic nitrogens is 5. The van der Waals surface area contributed by atoms with E-state index in [4.69, 9.17) is 0 Å². The lowest BCUT2D eigenvalue weighted by Gasteiger charge is -2.10. The SMILES string of the molecule is CSc1nc2nc(C)c(CC(=O)NCCc3csc(C)n3)c(C)n2n1. The van der Waals surface area contributed by atoms with Crippen LogP contribution < -0.4 is 5.32 Å². The maximum atomic E-state index is 12.3. The predicted molar refractivity (Wildman–Crippen MR) is 99.3 cm³/mol. The van der Waals surface area contributed by atoms with Gasteiger partial charge < -0.3 is 5.32 Å². The van der Waals surface area contributed by atoms with Crippen molar-refractivity contribution in [2.75, 3.05) is 12.8 Å². The number of fused-ring (bicyclic) bond motifs is 1. The van der Waals surface area contributed by atoms with Crippen LogP contribution in [0.5, 0.6) is 0 Å². The van der Waals surface area contributed by atoms with E-state index in [1.165, 1.54) is 11.8 Å². The van der Waals surface area contributed by atoms with Gasteiger partial charge in [0.05, 0.1) is 17.1 Å². The second-order valence-corrected chi connectivity index (χ2v) is 7.54. The molecule has 0 aliphatic rings. The molecule has 0 spiro atoms. The highest BCUT2D eigenvalue weighted by atomic mass is 32.2. The molecule has 0 aliphatic carbocycles. The number of hydrogen-bond donors (Lipinski definition) is 1. The molecule has 1 N–H and O–H groups in total. The average Bonchev–Trinajstić information content (AvgIpc) is 3.17. The van der Waals surface area contributed by atoms with Crippen LogP contribution in [0, 0.1) is 20.8 Å². The van der Waals surface area contributed by atoms with Crippen molar-refractivity contribution in [3.8, 4) is 0 Å². The normalized spacial score (nSPS) is 11.2. The molecule has 0 atom stereocenters. The third-order valence-corrected chi connectivity index (χ3v) is 5.28. The second-order valence-electron chi connectivity index (χ2n) is 5.71. The fourth-order valence-corrected chi connectivity index (χ4v) is 3.59. The molecule has 0 unspecified atom stereocenters. The molecule has 3 aromatic heterocycles. The first-order chi connectivity index (χ1) is 12.0. The summed E-state index contributed by atoms with van der Waals surface area (Å²) in [6.45, 7) is 6.41. The third kappa shape index (κ3) is 3.98. The Morgan fingerprint density at radius 2 is 2.08 bits per heavy atom. The molecule has 0 aromatic carbocycles. The monoisotopic (exact) mass is 376 g/mol. The minimum atomic E-state index is -0.0236. The molecule has 3 heterocycles. The Hall–Kier alpha value is -2.00. The van der Waals surface area contributed by atoms with Gasteiger partial charge in [-0.1, -0.05) is 11.8 Å². The van der Waals surface area contributed by atoms with Gasteiger partial charge in [0, 0.05) is 35.3 Å². The van der Waals surface area contributed by atoms with Crippen molar-refractivity contribution >= 4 is 34.8 Å². The number of aryl methyl sites for hydroxylation is 3. The van der Waals surface area contributed by atoms with E-state index in [1.807, 2.05) is 32.4 Å². The summed E-state index contributed by atoms with van der Waals surface area (Å²) in [5, 5.41) is 11.1. The summed E-state index contributed by atoms with van der Waals surface area (Å²) in [5.74, 6) is 0.548. The average molecular weight is 377 g/mol. The van der Waals surface area contributed by atoms with Gasteiger partial charge >= 0.3 is 0 Å². The van der Waals surface area contributed by atoms with Gasteiger partial charge in [0.1, 0.15) is 0 Å². The maximum absolute atomic E-state index is 12.3. The Balaban J connectivity index is 1.68. The van der Waals surface area contributed by atoms with Crippen LogP contribution in [0.25, 0.3) is 5.78 Å². The van der Waals surface area contributed by atoms with E-state index in [0.29, 0.717) is 17.5 Å². The number of carbonyl (C=O) groups is 1. The molecule has 0 saturated heterocycles. The van der Waals surface area contributed by atoms with Crippen LogP contribution in [0.15, 0.2) is 10.5 Å². The number of rotatable bonds is 6. The van der Waals surface area contributed by atoms with Crippen molar-refractivity contribution < 1.29 is 4.79 Å². The summed E-state index contributed by atoms with van der Waals surface area (Å²) in [7, 11) is 0. The molecule has 25 heavy (non-hydrogen) atoms. The summed E-state index contributed by atoms with van der Waals surface area (Å²) < 4.78 is 1.71. The fraction of sp³-hybridized carbons (Fsp3) is 0.438. The zero-order chi connectivity index (χ0) is 18.0. The van der Waals surface area contributed by atoms with Crippen molar-refractivity contribution in [1.29, 1.82) is 0 Å². The number of hydrogen-bond acceptors (Lipinski definition) is 7. The van der Waals surface area contributed by atoms with Crippen molar-refractivity contribution in [3.63, 3.8) is 0 Å². The summed E-state index contributed by atoms with van der Waals surface area (Å²) in [6, 6.07) is 0. The highest BCUT2D eigenvalue weighted by Crippen LogP contribution is 2.17. The van der Waals surface area contributed by atoms with Gasteiger partial charge in [0.25, 0.3) is 5.78 Å². The number of thioether (sulfide) groups is 1. The number of carbonyl (C=O) groups excluding carboxylic acids is 1. The van der Waals surface area contributed by atoms with Crippen LogP contribution in [-0.4, -0.2) is 43.3 Å². The van der Waals surface area contributed by atoms with E-state index in [2.05, 4.69) is 25.4 Å². The summed E-state index contributed by atoms with van der Waals surface area (Å²) in [4.78, 5) is 25.5. The van der Waals surface area contributed by atoms with E-state index in [9.17, 15) is 4.79 Å². The minimum Gasteiger partial charge on any atom is -0.355 e. The molecule has 9 heteroatoms. The van der Waals surface area contributed by atoms with E-state index < -0.39 is 0 Å². The zero-order valence-corrected chi connectivity index (χ0v) is 16.3. The topological polar surface area (TPSA) is 85.1 Å². The molecule has 0 fully saturated rings. The summed E-state index contributed by atoms with van der Waals surface area (Å²) in [5.41, 5.74) is 3.63. The predicted octanol–water partition coefficient (Wildman–Crippen LogP) is 2.13. The van der Waals surface area contributed by atoms with Crippen LogP contribution in [-0.2, 0) is 17.6 Å². The Morgan fingerprint density at radius 3 is 2.76 bits per heavy atom. The van der Waals surface area contributed by atoms with Crippen LogP contribution in [0.2, 0.25) is 0 Å². The highest BCUT2D eigenvalue weighted by molar-refractivity contribution is 7.98. The molecule has 0 aliphatic heterocycles. The molecule has 1 amide bonds. The number of amides is 1. The van der Waals surface area contributed by atoms with Gasteiger partial charge in [-0.05, 0) is 27.0 Å². The van der Waals surface area contributed by atoms with Crippen LogP contribution in [0.3, 0.4) is 0 Å². The van der Waals surface area contributed by atoms with Crippen molar-refractivity contribution in [3.05, 3.63) is 33.0 Å². The van der Waals surface area contributed by atoms with E-state index in [-0.39, 0.29) is 12.3 Å². The van der Waals surface area contributed by atoms with Gasteiger partial charge in [-0.25, -0.2) is 14.5 Å². The first-order valence-electron chi connectivity index (χ1n) is 7.92. The third-order valence-electron chi connectivity index (χ3n) is 3.92. The molecule has 132 valence electrons. The first-order valence-corrected chi connectivity index (χ1v) is 10.0. The maximum Gasteiger partial charge on any atom is 0.253 e. The Bertz CT molecular complexity index is 917. The van der Waals surface area contributed by atoms with E-state index in [1.54, 1.807) is 15.9 Å². The number of nitrogens with zero attached hydrogens (tertiary/aromatic N) is 5. The van der Waals surface area contributed by atoms with E-state index in [0.717, 1.165) is 34.1 Å². The summed E-state index contributed by atoms with van der Waals surface area (Å²) >= 11 is 3.10. The van der Waals surface area contributed by atoms with Gasteiger partial charge in [-0.15, -0.1) is 16.4 Å². The lowest BCUT2D eigenvalue weighted by molar-refractivity contribution is -0.120. The molecule has 3 aromatic rings.